The second-order valence-electron chi connectivity index (χ2n) is 6.92. The lowest BCUT2D eigenvalue weighted by molar-refractivity contribution is 0.612. The van der Waals surface area contributed by atoms with Crippen LogP contribution >= 0.6 is 34.8 Å². The molecule has 13 heteroatoms. The summed E-state index contributed by atoms with van der Waals surface area (Å²) in [7, 11) is 0. The largest absolute Gasteiger partial charge is 0.382 e. The third-order valence-electron chi connectivity index (χ3n) is 4.77. The number of hydrogen-bond donors (Lipinski definition) is 4. The van der Waals surface area contributed by atoms with E-state index in [4.69, 9.17) is 51.3 Å². The van der Waals surface area contributed by atoms with Gasteiger partial charge in [-0.2, -0.15) is 15.1 Å². The summed E-state index contributed by atoms with van der Waals surface area (Å²) < 4.78 is 1.40. The van der Waals surface area contributed by atoms with Crippen molar-refractivity contribution >= 4 is 63.3 Å². The molecule has 3 aromatic heterocycles. The van der Waals surface area contributed by atoms with Gasteiger partial charge in [-0.15, -0.1) is 0 Å². The molecule has 10 nitrogen and oxygen atoms in total. The molecule has 166 valence electrons. The van der Waals surface area contributed by atoms with Crippen LogP contribution in [0.4, 0.5) is 17.6 Å². The van der Waals surface area contributed by atoms with Gasteiger partial charge in [0.2, 0.25) is 5.95 Å². The van der Waals surface area contributed by atoms with E-state index in [1.165, 1.54) is 10.8 Å². The SMILES string of the molecule is CCCC(Nc1nc(N)nc(N)c1Cl)c1nc2c(Cl)ccc(Cl)c2c(=O)n1-c1ccn[nH]1. The molecular weight excluding hydrogens is 477 g/mol. The maximum atomic E-state index is 13.6. The lowest BCUT2D eigenvalue weighted by Crippen LogP contribution is -2.29. The van der Waals surface area contributed by atoms with Crippen LogP contribution in [-0.2, 0) is 0 Å². The maximum absolute atomic E-state index is 13.6. The molecular formula is C19H18Cl3N9O. The number of H-pyrrole nitrogens is 1. The van der Waals surface area contributed by atoms with Crippen molar-refractivity contribution in [3.8, 4) is 5.82 Å². The van der Waals surface area contributed by atoms with E-state index >= 15 is 0 Å². The fraction of sp³-hybridized carbons (Fsp3) is 0.211. The fourth-order valence-corrected chi connectivity index (χ4v) is 3.94. The number of halogens is 3. The zero-order valence-corrected chi connectivity index (χ0v) is 19.0. The molecule has 3 heterocycles. The Bertz CT molecular complexity index is 1350. The predicted octanol–water partition coefficient (Wildman–Crippen LogP) is 3.98. The highest BCUT2D eigenvalue weighted by atomic mass is 35.5. The van der Waals surface area contributed by atoms with Crippen molar-refractivity contribution in [1.82, 2.24) is 29.7 Å². The Morgan fingerprint density at radius 1 is 1.12 bits per heavy atom. The van der Waals surface area contributed by atoms with Crippen molar-refractivity contribution in [2.45, 2.75) is 25.8 Å². The Hall–Kier alpha value is -3.08. The van der Waals surface area contributed by atoms with Gasteiger partial charge in [0.05, 0.1) is 33.2 Å². The molecule has 6 N–H and O–H groups in total. The quantitative estimate of drug-likeness (QED) is 0.314. The summed E-state index contributed by atoms with van der Waals surface area (Å²) in [6.45, 7) is 1.99. The molecule has 0 spiro atoms. The number of aromatic nitrogens is 6. The van der Waals surface area contributed by atoms with Gasteiger partial charge in [-0.1, -0.05) is 48.1 Å². The van der Waals surface area contributed by atoms with E-state index in [0.29, 0.717) is 23.1 Å². The summed E-state index contributed by atoms with van der Waals surface area (Å²) >= 11 is 19.0. The monoisotopic (exact) mass is 493 g/mol. The zero-order valence-electron chi connectivity index (χ0n) is 16.7. The number of nitrogens with two attached hydrogens (primary N) is 2. The van der Waals surface area contributed by atoms with Crippen molar-refractivity contribution < 1.29 is 0 Å². The van der Waals surface area contributed by atoms with Crippen LogP contribution in [0.1, 0.15) is 31.6 Å². The molecule has 0 fully saturated rings. The predicted molar refractivity (Wildman–Crippen MR) is 127 cm³/mol. The first-order valence-corrected chi connectivity index (χ1v) is 10.7. The Labute approximate surface area is 196 Å². The molecule has 0 bridgehead atoms. The van der Waals surface area contributed by atoms with Gasteiger partial charge in [0.1, 0.15) is 22.5 Å². The van der Waals surface area contributed by atoms with Gasteiger partial charge < -0.3 is 16.8 Å². The summed E-state index contributed by atoms with van der Waals surface area (Å²) in [5.41, 5.74) is 11.5. The Kier molecular flexibility index (Phi) is 6.09. The molecule has 0 amide bonds. The van der Waals surface area contributed by atoms with E-state index in [0.717, 1.165) is 6.42 Å². The van der Waals surface area contributed by atoms with Gasteiger partial charge >= 0.3 is 0 Å². The minimum Gasteiger partial charge on any atom is -0.382 e. The summed E-state index contributed by atoms with van der Waals surface area (Å²) in [6.07, 6.45) is 2.83. The average molecular weight is 495 g/mol. The summed E-state index contributed by atoms with van der Waals surface area (Å²) in [5.74, 6) is 0.967. The van der Waals surface area contributed by atoms with Crippen molar-refractivity contribution in [2.24, 2.45) is 0 Å². The number of anilines is 3. The number of benzene rings is 1. The maximum Gasteiger partial charge on any atom is 0.268 e. The highest BCUT2D eigenvalue weighted by Gasteiger charge is 2.25. The Morgan fingerprint density at radius 3 is 2.56 bits per heavy atom. The number of nitrogen functional groups attached to an aromatic ring is 2. The molecule has 0 aliphatic heterocycles. The number of nitrogens with one attached hydrogen (secondary N) is 2. The van der Waals surface area contributed by atoms with Crippen molar-refractivity contribution in [3.05, 3.63) is 55.6 Å². The number of aromatic amines is 1. The van der Waals surface area contributed by atoms with Gasteiger partial charge in [0.15, 0.2) is 5.82 Å². The third-order valence-corrected chi connectivity index (χ3v) is 5.76. The zero-order chi connectivity index (χ0) is 23.0. The van der Waals surface area contributed by atoms with Gasteiger partial charge in [0, 0.05) is 6.07 Å². The summed E-state index contributed by atoms with van der Waals surface area (Å²) in [6, 6.07) is 4.27. The highest BCUT2D eigenvalue weighted by Crippen LogP contribution is 2.33. The minimum atomic E-state index is -0.526. The third kappa shape index (κ3) is 3.92. The van der Waals surface area contributed by atoms with E-state index in [2.05, 4.69) is 25.5 Å². The van der Waals surface area contributed by atoms with E-state index in [1.54, 1.807) is 18.2 Å². The number of nitrogens with zero attached hydrogens (tertiary/aromatic N) is 5. The smallest absolute Gasteiger partial charge is 0.268 e. The van der Waals surface area contributed by atoms with E-state index in [-0.39, 0.29) is 38.5 Å². The average Bonchev–Trinajstić information content (AvgIpc) is 3.27. The lowest BCUT2D eigenvalue weighted by Gasteiger charge is -2.23. The number of hydrogen-bond acceptors (Lipinski definition) is 8. The number of fused-ring (bicyclic) bond motifs is 1. The van der Waals surface area contributed by atoms with Crippen LogP contribution < -0.4 is 22.3 Å². The van der Waals surface area contributed by atoms with Gasteiger partial charge in [-0.3, -0.25) is 9.89 Å². The normalized spacial score (nSPS) is 12.2. The Balaban J connectivity index is 1.99. The molecule has 0 aliphatic carbocycles. The van der Waals surface area contributed by atoms with Gasteiger partial charge in [0.25, 0.3) is 5.56 Å². The second-order valence-corrected chi connectivity index (χ2v) is 8.11. The lowest BCUT2D eigenvalue weighted by atomic mass is 10.1. The van der Waals surface area contributed by atoms with Crippen LogP contribution in [0.3, 0.4) is 0 Å². The molecule has 0 aliphatic rings. The topological polar surface area (TPSA) is 153 Å². The van der Waals surface area contributed by atoms with E-state index < -0.39 is 11.6 Å². The van der Waals surface area contributed by atoms with Crippen LogP contribution in [0, 0.1) is 0 Å². The molecule has 1 aromatic carbocycles. The molecule has 0 radical (unpaired) electrons. The first-order valence-electron chi connectivity index (χ1n) is 9.57. The molecule has 32 heavy (non-hydrogen) atoms. The van der Waals surface area contributed by atoms with Crippen LogP contribution in [0.2, 0.25) is 15.1 Å². The van der Waals surface area contributed by atoms with Crippen molar-refractivity contribution in [3.63, 3.8) is 0 Å². The molecule has 1 unspecified atom stereocenters. The van der Waals surface area contributed by atoms with Gasteiger partial charge in [-0.05, 0) is 18.6 Å². The molecule has 4 rings (SSSR count). The minimum absolute atomic E-state index is 0.0316. The van der Waals surface area contributed by atoms with E-state index in [1.807, 2.05) is 6.92 Å². The molecule has 0 saturated carbocycles. The Morgan fingerprint density at radius 2 is 1.88 bits per heavy atom. The number of rotatable bonds is 6. The van der Waals surface area contributed by atoms with Crippen molar-refractivity contribution in [2.75, 3.05) is 16.8 Å². The molecule has 1 atom stereocenters. The van der Waals surface area contributed by atoms with Crippen LogP contribution in [0.5, 0.6) is 0 Å². The van der Waals surface area contributed by atoms with Gasteiger partial charge in [-0.25, -0.2) is 9.55 Å². The second kappa shape index (κ2) is 8.81. The molecule has 0 saturated heterocycles. The summed E-state index contributed by atoms with van der Waals surface area (Å²) in [4.78, 5) is 26.3. The van der Waals surface area contributed by atoms with Crippen LogP contribution in [0.15, 0.2) is 29.2 Å². The fourth-order valence-electron chi connectivity index (χ4n) is 3.37. The molecule has 4 aromatic rings. The van der Waals surface area contributed by atoms with Crippen LogP contribution in [0.25, 0.3) is 16.7 Å². The standard InChI is InChI=1S/C19H18Cl3N9O/c1-2-3-10(26-16-13(22)15(23)28-19(24)29-16)17-27-14-9(21)5-4-8(20)12(14)18(32)31(17)11-6-7-25-30-11/h4-7,10H,2-3H2,1H3,(H,25,30)(H5,23,24,26,28,29). The van der Waals surface area contributed by atoms with Crippen LogP contribution in [-0.4, -0.2) is 29.7 Å². The van der Waals surface area contributed by atoms with E-state index in [9.17, 15) is 4.79 Å². The summed E-state index contributed by atoms with van der Waals surface area (Å²) in [5, 5.41) is 10.8. The van der Waals surface area contributed by atoms with Crippen molar-refractivity contribution in [1.29, 1.82) is 0 Å². The first-order chi connectivity index (χ1) is 15.3. The highest BCUT2D eigenvalue weighted by molar-refractivity contribution is 6.39. The first kappa shape index (κ1) is 22.1.